The maximum absolute atomic E-state index is 2.41. The molecule has 0 bridgehead atoms. The van der Waals surface area contributed by atoms with E-state index in [-0.39, 0.29) is 0 Å². The van der Waals surface area contributed by atoms with Crippen LogP contribution >= 0.6 is 0 Å². The van der Waals surface area contributed by atoms with Crippen LogP contribution in [0.25, 0.3) is 0 Å². The predicted octanol–water partition coefficient (Wildman–Crippen LogP) is 4.49. The zero-order valence-electron chi connectivity index (χ0n) is 9.56. The van der Waals surface area contributed by atoms with Gasteiger partial charge in [-0.05, 0) is 24.2 Å². The molecule has 0 spiro atoms. The Morgan fingerprint density at radius 1 is 1.00 bits per heavy atom. The van der Waals surface area contributed by atoms with Gasteiger partial charge in [-0.15, -0.1) is 0 Å². The average Bonchev–Trinajstić information content (AvgIpc) is 2.13. The lowest BCUT2D eigenvalue weighted by Crippen LogP contribution is -2.19. The van der Waals surface area contributed by atoms with Gasteiger partial charge in [-0.3, -0.25) is 0 Å². The first-order valence-electron chi connectivity index (χ1n) is 5.74. The molecular weight excluding hydrogens is 144 g/mol. The highest BCUT2D eigenvalue weighted by Crippen LogP contribution is 2.34. The van der Waals surface area contributed by atoms with Gasteiger partial charge in [-0.25, -0.2) is 0 Å². The second-order valence-corrected chi connectivity index (χ2v) is 4.04. The molecule has 3 unspecified atom stereocenters. The number of hydrogen-bond donors (Lipinski definition) is 0. The SMILES string of the molecule is CC.CCC1CCC(C)C(C)C1. The van der Waals surface area contributed by atoms with Crippen molar-refractivity contribution in [1.82, 2.24) is 0 Å². The van der Waals surface area contributed by atoms with Crippen LogP contribution in [0.5, 0.6) is 0 Å². The van der Waals surface area contributed by atoms with Gasteiger partial charge in [0, 0.05) is 0 Å². The first kappa shape index (κ1) is 12.0. The minimum Gasteiger partial charge on any atom is -0.0683 e. The van der Waals surface area contributed by atoms with Crippen molar-refractivity contribution >= 4 is 0 Å². The predicted molar refractivity (Wildman–Crippen MR) is 57.3 cm³/mol. The van der Waals surface area contributed by atoms with Gasteiger partial charge in [0.05, 0.1) is 0 Å². The molecule has 3 atom stereocenters. The van der Waals surface area contributed by atoms with E-state index in [4.69, 9.17) is 0 Å². The van der Waals surface area contributed by atoms with Crippen molar-refractivity contribution in [3.63, 3.8) is 0 Å². The molecule has 0 saturated heterocycles. The molecule has 1 aliphatic rings. The van der Waals surface area contributed by atoms with Gasteiger partial charge in [0.15, 0.2) is 0 Å². The summed E-state index contributed by atoms with van der Waals surface area (Å²) >= 11 is 0. The summed E-state index contributed by atoms with van der Waals surface area (Å²) in [5, 5.41) is 0. The molecule has 0 aliphatic heterocycles. The van der Waals surface area contributed by atoms with Gasteiger partial charge in [0.1, 0.15) is 0 Å². The summed E-state index contributed by atoms with van der Waals surface area (Å²) in [7, 11) is 0. The second-order valence-electron chi connectivity index (χ2n) is 4.04. The van der Waals surface area contributed by atoms with Crippen LogP contribution in [0.1, 0.15) is 60.3 Å². The van der Waals surface area contributed by atoms with Gasteiger partial charge in [0.2, 0.25) is 0 Å². The normalized spacial score (nSPS) is 35.2. The largest absolute Gasteiger partial charge is 0.0683 e. The molecule has 1 fully saturated rings. The number of rotatable bonds is 1. The zero-order chi connectivity index (χ0) is 9.56. The second kappa shape index (κ2) is 6.51. The first-order chi connectivity index (χ1) is 5.74. The fraction of sp³-hybridized carbons (Fsp3) is 1.00. The van der Waals surface area contributed by atoms with Crippen molar-refractivity contribution in [3.05, 3.63) is 0 Å². The van der Waals surface area contributed by atoms with Crippen molar-refractivity contribution in [2.45, 2.75) is 60.3 Å². The van der Waals surface area contributed by atoms with Crippen LogP contribution in [-0.4, -0.2) is 0 Å². The Kier molecular flexibility index (Phi) is 6.51. The number of hydrogen-bond acceptors (Lipinski definition) is 0. The summed E-state index contributed by atoms with van der Waals surface area (Å²) in [6.45, 7) is 11.1. The van der Waals surface area contributed by atoms with Gasteiger partial charge in [-0.1, -0.05) is 53.9 Å². The molecule has 1 aliphatic carbocycles. The lowest BCUT2D eigenvalue weighted by atomic mass is 9.75. The van der Waals surface area contributed by atoms with Crippen molar-refractivity contribution < 1.29 is 0 Å². The van der Waals surface area contributed by atoms with Gasteiger partial charge in [-0.2, -0.15) is 0 Å². The molecule has 0 radical (unpaired) electrons. The van der Waals surface area contributed by atoms with Crippen LogP contribution < -0.4 is 0 Å². The molecule has 0 amide bonds. The van der Waals surface area contributed by atoms with E-state index in [1.165, 1.54) is 25.7 Å². The highest BCUT2D eigenvalue weighted by Gasteiger charge is 2.22. The van der Waals surface area contributed by atoms with E-state index in [0.29, 0.717) is 0 Å². The van der Waals surface area contributed by atoms with E-state index in [1.807, 2.05) is 13.8 Å². The molecular formula is C12H26. The molecule has 12 heavy (non-hydrogen) atoms. The maximum atomic E-state index is 2.41. The van der Waals surface area contributed by atoms with E-state index >= 15 is 0 Å². The van der Waals surface area contributed by atoms with Crippen molar-refractivity contribution in [3.8, 4) is 0 Å². The summed E-state index contributed by atoms with van der Waals surface area (Å²) in [5.41, 5.74) is 0. The third-order valence-corrected chi connectivity index (χ3v) is 3.28. The quantitative estimate of drug-likeness (QED) is 0.543. The van der Waals surface area contributed by atoms with E-state index in [1.54, 1.807) is 0 Å². The van der Waals surface area contributed by atoms with Gasteiger partial charge >= 0.3 is 0 Å². The summed E-state index contributed by atoms with van der Waals surface area (Å²) in [6, 6.07) is 0. The Bertz CT molecular complexity index is 96.2. The summed E-state index contributed by atoms with van der Waals surface area (Å²) in [5.74, 6) is 3.02. The Balaban J connectivity index is 0.000000561. The Morgan fingerprint density at radius 2 is 1.58 bits per heavy atom. The summed E-state index contributed by atoms with van der Waals surface area (Å²) < 4.78 is 0. The van der Waals surface area contributed by atoms with Crippen molar-refractivity contribution in [1.29, 1.82) is 0 Å². The molecule has 0 heteroatoms. The average molecular weight is 170 g/mol. The fourth-order valence-corrected chi connectivity index (χ4v) is 2.03. The molecule has 0 aromatic heterocycles. The molecule has 0 nitrogen and oxygen atoms in total. The van der Waals surface area contributed by atoms with Crippen LogP contribution in [-0.2, 0) is 0 Å². The van der Waals surface area contributed by atoms with Gasteiger partial charge in [0.25, 0.3) is 0 Å². The van der Waals surface area contributed by atoms with Crippen LogP contribution in [0.15, 0.2) is 0 Å². The summed E-state index contributed by atoms with van der Waals surface area (Å²) in [6.07, 6.45) is 5.84. The lowest BCUT2D eigenvalue weighted by Gasteiger charge is -2.31. The monoisotopic (exact) mass is 170 g/mol. The van der Waals surface area contributed by atoms with Crippen LogP contribution in [0.3, 0.4) is 0 Å². The highest BCUT2D eigenvalue weighted by atomic mass is 14.3. The molecule has 0 aromatic rings. The zero-order valence-corrected chi connectivity index (χ0v) is 9.56. The van der Waals surface area contributed by atoms with Gasteiger partial charge < -0.3 is 0 Å². The van der Waals surface area contributed by atoms with E-state index in [2.05, 4.69) is 20.8 Å². The minimum absolute atomic E-state index is 0.985. The first-order valence-corrected chi connectivity index (χ1v) is 5.74. The third-order valence-electron chi connectivity index (χ3n) is 3.28. The van der Waals surface area contributed by atoms with Crippen molar-refractivity contribution in [2.75, 3.05) is 0 Å². The smallest absolute Gasteiger partial charge is 0.0414 e. The minimum atomic E-state index is 0.985. The molecule has 1 saturated carbocycles. The molecule has 0 N–H and O–H groups in total. The van der Waals surface area contributed by atoms with E-state index in [9.17, 15) is 0 Å². The Morgan fingerprint density at radius 3 is 2.00 bits per heavy atom. The molecule has 74 valence electrons. The highest BCUT2D eigenvalue weighted by molar-refractivity contribution is 4.74. The fourth-order valence-electron chi connectivity index (χ4n) is 2.03. The van der Waals surface area contributed by atoms with Crippen LogP contribution in [0, 0.1) is 17.8 Å². The lowest BCUT2D eigenvalue weighted by molar-refractivity contribution is 0.204. The Labute approximate surface area is 78.8 Å². The third kappa shape index (κ3) is 3.60. The van der Waals surface area contributed by atoms with Crippen LogP contribution in [0.4, 0.5) is 0 Å². The molecule has 1 rings (SSSR count). The van der Waals surface area contributed by atoms with Crippen LogP contribution in [0.2, 0.25) is 0 Å². The molecule has 0 aromatic carbocycles. The topological polar surface area (TPSA) is 0 Å². The Hall–Kier alpha value is 0. The van der Waals surface area contributed by atoms with E-state index in [0.717, 1.165) is 17.8 Å². The maximum Gasteiger partial charge on any atom is -0.0414 e. The molecule has 0 heterocycles. The standard InChI is InChI=1S/C10H20.C2H6/c1-4-10-6-5-8(2)9(3)7-10;1-2/h8-10H,4-7H2,1-3H3;1-2H3. The van der Waals surface area contributed by atoms with E-state index < -0.39 is 0 Å². The van der Waals surface area contributed by atoms with Crippen molar-refractivity contribution in [2.24, 2.45) is 17.8 Å². The summed E-state index contributed by atoms with van der Waals surface area (Å²) in [4.78, 5) is 0.